The molecule has 0 aliphatic heterocycles. The second-order valence-electron chi connectivity index (χ2n) is 5.31. The molecule has 0 amide bonds. The number of benzene rings is 2. The highest BCUT2D eigenvalue weighted by Gasteiger charge is 2.20. The van der Waals surface area contributed by atoms with Gasteiger partial charge in [0.15, 0.2) is 0 Å². The van der Waals surface area contributed by atoms with Crippen LogP contribution in [0.4, 0.5) is 5.69 Å². The van der Waals surface area contributed by atoms with Crippen molar-refractivity contribution < 1.29 is 8.42 Å². The van der Waals surface area contributed by atoms with E-state index in [1.165, 1.54) is 10.6 Å². The molecule has 0 spiro atoms. The molecule has 6 heteroatoms. The Kier molecular flexibility index (Phi) is 5.05. The summed E-state index contributed by atoms with van der Waals surface area (Å²) in [7, 11) is -3.42. The van der Waals surface area contributed by atoms with E-state index < -0.39 is 10.0 Å². The Morgan fingerprint density at radius 3 is 2.27 bits per heavy atom. The zero-order valence-corrected chi connectivity index (χ0v) is 14.9. The molecule has 0 N–H and O–H groups in total. The molecule has 0 saturated heterocycles. The number of sulfonamides is 1. The molecule has 2 rings (SSSR count). The van der Waals surface area contributed by atoms with Crippen LogP contribution >= 0.6 is 23.2 Å². The van der Waals surface area contributed by atoms with Crippen molar-refractivity contribution in [3.8, 4) is 0 Å². The maximum Gasteiger partial charge on any atom is 0.232 e. The lowest BCUT2D eigenvalue weighted by Crippen LogP contribution is -2.30. The molecule has 0 aromatic heterocycles. The van der Waals surface area contributed by atoms with Crippen molar-refractivity contribution in [1.29, 1.82) is 0 Å². The van der Waals surface area contributed by atoms with Crippen molar-refractivity contribution >= 4 is 38.9 Å². The lowest BCUT2D eigenvalue weighted by Gasteiger charge is -2.25. The van der Waals surface area contributed by atoms with Gasteiger partial charge in [0.2, 0.25) is 10.0 Å². The van der Waals surface area contributed by atoms with Gasteiger partial charge in [-0.3, -0.25) is 4.31 Å². The minimum atomic E-state index is -3.42. The van der Waals surface area contributed by atoms with Crippen molar-refractivity contribution in [3.05, 3.63) is 63.1 Å². The summed E-state index contributed by atoms with van der Waals surface area (Å²) in [6.07, 6.45) is 1.20. The molecule has 22 heavy (non-hydrogen) atoms. The first-order chi connectivity index (χ1) is 10.2. The average Bonchev–Trinajstić information content (AvgIpc) is 2.42. The van der Waals surface area contributed by atoms with Crippen molar-refractivity contribution in [2.24, 2.45) is 0 Å². The Balaban J connectivity index is 2.47. The Morgan fingerprint density at radius 2 is 1.68 bits per heavy atom. The van der Waals surface area contributed by atoms with Crippen LogP contribution in [0, 0.1) is 13.8 Å². The Labute approximate surface area is 141 Å². The van der Waals surface area contributed by atoms with Crippen LogP contribution in [0.25, 0.3) is 0 Å². The smallest absolute Gasteiger partial charge is 0.232 e. The van der Waals surface area contributed by atoms with Crippen LogP contribution in [0.15, 0.2) is 36.4 Å². The van der Waals surface area contributed by atoms with Crippen LogP contribution in [-0.4, -0.2) is 14.7 Å². The van der Waals surface area contributed by atoms with E-state index in [-0.39, 0.29) is 6.54 Å². The predicted octanol–water partition coefficient (Wildman–Crippen LogP) is 4.58. The number of hydrogen-bond donors (Lipinski definition) is 0. The molecule has 3 nitrogen and oxygen atoms in total. The lowest BCUT2D eigenvalue weighted by molar-refractivity contribution is 0.596. The second kappa shape index (κ2) is 6.49. The van der Waals surface area contributed by atoms with Crippen molar-refractivity contribution in [2.75, 3.05) is 10.6 Å². The molecule has 2 aromatic rings. The van der Waals surface area contributed by atoms with Crippen LogP contribution in [0.1, 0.15) is 16.7 Å². The van der Waals surface area contributed by atoms with E-state index in [1.807, 2.05) is 32.0 Å². The topological polar surface area (TPSA) is 37.4 Å². The van der Waals surface area contributed by atoms with Gasteiger partial charge in [0.05, 0.1) is 28.5 Å². The number of aryl methyl sites for hydroxylation is 2. The molecular formula is C16H17Cl2NO2S. The molecular weight excluding hydrogens is 341 g/mol. The van der Waals surface area contributed by atoms with Gasteiger partial charge in [-0.05, 0) is 48.7 Å². The predicted molar refractivity (Wildman–Crippen MR) is 93.4 cm³/mol. The monoisotopic (exact) mass is 357 g/mol. The van der Waals surface area contributed by atoms with E-state index in [9.17, 15) is 8.42 Å². The Morgan fingerprint density at radius 1 is 1.00 bits per heavy atom. The molecule has 0 atom stereocenters. The first-order valence-corrected chi connectivity index (χ1v) is 9.28. The van der Waals surface area contributed by atoms with Gasteiger partial charge in [0.1, 0.15) is 0 Å². The first-order valence-electron chi connectivity index (χ1n) is 6.67. The molecule has 0 fully saturated rings. The van der Waals surface area contributed by atoms with Crippen LogP contribution < -0.4 is 4.31 Å². The molecule has 2 aromatic carbocycles. The zero-order valence-electron chi connectivity index (χ0n) is 12.6. The second-order valence-corrected chi connectivity index (χ2v) is 8.03. The maximum atomic E-state index is 12.2. The summed E-state index contributed by atoms with van der Waals surface area (Å²) in [6, 6.07) is 10.9. The number of rotatable bonds is 4. The van der Waals surface area contributed by atoms with E-state index in [1.54, 1.807) is 18.2 Å². The highest BCUT2D eigenvalue weighted by molar-refractivity contribution is 7.92. The quantitative estimate of drug-likeness (QED) is 0.803. The van der Waals surface area contributed by atoms with Gasteiger partial charge >= 0.3 is 0 Å². The SMILES string of the molecule is Cc1ccc(C)c(N(Cc2ccc(Cl)c(Cl)c2)S(C)(=O)=O)c1. The number of nitrogens with zero attached hydrogens (tertiary/aromatic N) is 1. The summed E-state index contributed by atoms with van der Waals surface area (Å²) in [5, 5.41) is 0.858. The Hall–Kier alpha value is -1.23. The Bertz CT molecular complexity index is 804. The van der Waals surface area contributed by atoms with Crippen molar-refractivity contribution in [2.45, 2.75) is 20.4 Å². The van der Waals surface area contributed by atoms with Crippen molar-refractivity contribution in [3.63, 3.8) is 0 Å². The molecule has 0 saturated carbocycles. The fourth-order valence-corrected chi connectivity index (χ4v) is 3.43. The van der Waals surface area contributed by atoms with E-state index in [0.717, 1.165) is 16.7 Å². The van der Waals surface area contributed by atoms with Gasteiger partial charge in [0, 0.05) is 0 Å². The molecule has 0 unspecified atom stereocenters. The summed E-state index contributed by atoms with van der Waals surface area (Å²) < 4.78 is 25.8. The van der Waals surface area contributed by atoms with Crippen LogP contribution in [-0.2, 0) is 16.6 Å². The van der Waals surface area contributed by atoms with Crippen LogP contribution in [0.3, 0.4) is 0 Å². The highest BCUT2D eigenvalue weighted by atomic mass is 35.5. The number of halogens is 2. The molecule has 0 aliphatic rings. The molecule has 0 heterocycles. The van der Waals surface area contributed by atoms with E-state index >= 15 is 0 Å². The normalized spacial score (nSPS) is 11.5. The largest absolute Gasteiger partial charge is 0.266 e. The third-order valence-electron chi connectivity index (χ3n) is 3.34. The van der Waals surface area contributed by atoms with Gasteiger partial charge < -0.3 is 0 Å². The summed E-state index contributed by atoms with van der Waals surface area (Å²) in [4.78, 5) is 0. The molecule has 0 aliphatic carbocycles. The van der Waals surface area contributed by atoms with E-state index in [4.69, 9.17) is 23.2 Å². The van der Waals surface area contributed by atoms with E-state index in [0.29, 0.717) is 15.7 Å². The fraction of sp³-hybridized carbons (Fsp3) is 0.250. The number of hydrogen-bond acceptors (Lipinski definition) is 2. The number of anilines is 1. The zero-order chi connectivity index (χ0) is 16.5. The summed E-state index contributed by atoms with van der Waals surface area (Å²) in [6.45, 7) is 4.03. The summed E-state index contributed by atoms with van der Waals surface area (Å²) in [5.41, 5.74) is 3.36. The average molecular weight is 358 g/mol. The first kappa shape index (κ1) is 17.1. The van der Waals surface area contributed by atoms with Crippen LogP contribution in [0.5, 0.6) is 0 Å². The molecule has 118 valence electrons. The van der Waals surface area contributed by atoms with Crippen molar-refractivity contribution in [1.82, 2.24) is 0 Å². The molecule has 0 bridgehead atoms. The van der Waals surface area contributed by atoms with Gasteiger partial charge in [0.25, 0.3) is 0 Å². The fourth-order valence-electron chi connectivity index (χ4n) is 2.17. The third kappa shape index (κ3) is 3.94. The summed E-state index contributed by atoms with van der Waals surface area (Å²) in [5.74, 6) is 0. The highest BCUT2D eigenvalue weighted by Crippen LogP contribution is 2.28. The van der Waals surface area contributed by atoms with Gasteiger partial charge in [-0.1, -0.05) is 41.4 Å². The van der Waals surface area contributed by atoms with E-state index in [2.05, 4.69) is 0 Å². The molecule has 0 radical (unpaired) electrons. The maximum absolute atomic E-state index is 12.2. The van der Waals surface area contributed by atoms with Gasteiger partial charge in [-0.2, -0.15) is 0 Å². The lowest BCUT2D eigenvalue weighted by atomic mass is 10.1. The summed E-state index contributed by atoms with van der Waals surface area (Å²) >= 11 is 11.9. The van der Waals surface area contributed by atoms with Gasteiger partial charge in [-0.25, -0.2) is 8.42 Å². The van der Waals surface area contributed by atoms with Crippen LogP contribution in [0.2, 0.25) is 10.0 Å². The van der Waals surface area contributed by atoms with Gasteiger partial charge in [-0.15, -0.1) is 0 Å². The standard InChI is InChI=1S/C16H17Cl2NO2S/c1-11-4-5-12(2)16(8-11)19(22(3,20)21)10-13-6-7-14(17)15(18)9-13/h4-9H,10H2,1-3H3. The third-order valence-corrected chi connectivity index (χ3v) is 5.21. The minimum absolute atomic E-state index is 0.208. The minimum Gasteiger partial charge on any atom is -0.266 e.